The molecule has 2 rings (SSSR count). The van der Waals surface area contributed by atoms with E-state index in [0.29, 0.717) is 11.1 Å². The maximum Gasteiger partial charge on any atom is 0.337 e. The van der Waals surface area contributed by atoms with Crippen molar-refractivity contribution in [2.24, 2.45) is 0 Å². The number of aliphatic hydroxyl groups is 2. The van der Waals surface area contributed by atoms with Gasteiger partial charge in [0.15, 0.2) is 11.5 Å². The molecular weight excluding hydrogens is 314 g/mol. The highest BCUT2D eigenvalue weighted by Crippen LogP contribution is 2.37. The van der Waals surface area contributed by atoms with Crippen LogP contribution in [-0.4, -0.2) is 52.5 Å². The second-order valence-electron chi connectivity index (χ2n) is 5.64. The van der Waals surface area contributed by atoms with Crippen molar-refractivity contribution in [2.45, 2.75) is 26.0 Å². The Morgan fingerprint density at radius 3 is 2.33 bits per heavy atom. The fraction of sp³-hybridized carbons (Fsp3) is 0.353. The summed E-state index contributed by atoms with van der Waals surface area (Å²) in [6.07, 6.45) is -0.829. The van der Waals surface area contributed by atoms with Crippen LogP contribution < -0.4 is 0 Å². The minimum Gasteiger partial charge on any atom is -0.503 e. The van der Waals surface area contributed by atoms with E-state index in [-0.39, 0.29) is 12.1 Å². The van der Waals surface area contributed by atoms with E-state index in [1.54, 1.807) is 12.1 Å². The van der Waals surface area contributed by atoms with Gasteiger partial charge in [0.2, 0.25) is 0 Å². The Balaban J connectivity index is 2.47. The van der Waals surface area contributed by atoms with Crippen molar-refractivity contribution < 1.29 is 29.3 Å². The summed E-state index contributed by atoms with van der Waals surface area (Å²) in [5.74, 6) is -2.25. The number of ether oxygens (including phenoxy) is 1. The summed E-state index contributed by atoms with van der Waals surface area (Å²) < 4.78 is 4.63. The maximum atomic E-state index is 12.2. The number of esters is 1. The number of rotatable bonds is 5. The molecule has 7 heteroatoms. The molecule has 7 nitrogen and oxygen atoms in total. The molecule has 0 fully saturated rings. The van der Waals surface area contributed by atoms with Crippen LogP contribution in [0.15, 0.2) is 35.6 Å². The van der Waals surface area contributed by atoms with Crippen LogP contribution in [0.3, 0.4) is 0 Å². The number of Topliss-reactive ketones (excluding diaryl/α,β-unsaturated/α-hetero) is 1. The first-order chi connectivity index (χ1) is 11.3. The summed E-state index contributed by atoms with van der Waals surface area (Å²) >= 11 is 0. The molecule has 0 aliphatic carbocycles. The van der Waals surface area contributed by atoms with E-state index in [1.165, 1.54) is 38.0 Å². The lowest BCUT2D eigenvalue weighted by molar-refractivity contribution is -0.130. The van der Waals surface area contributed by atoms with E-state index in [2.05, 4.69) is 4.74 Å². The third-order valence-electron chi connectivity index (χ3n) is 3.79. The topological polar surface area (TPSA) is 104 Å². The molecule has 0 aromatic heterocycles. The molecule has 0 saturated carbocycles. The maximum absolute atomic E-state index is 12.2. The Hall–Kier alpha value is -2.67. The number of ketones is 1. The van der Waals surface area contributed by atoms with E-state index >= 15 is 0 Å². The van der Waals surface area contributed by atoms with Crippen LogP contribution in [0.2, 0.25) is 0 Å². The summed E-state index contributed by atoms with van der Waals surface area (Å²) in [5.41, 5.74) is 0.850. The molecule has 1 heterocycles. The minimum atomic E-state index is -0.829. The van der Waals surface area contributed by atoms with Gasteiger partial charge in [-0.3, -0.25) is 9.59 Å². The van der Waals surface area contributed by atoms with Crippen LogP contribution in [0.1, 0.15) is 35.8 Å². The number of amides is 1. The molecule has 0 unspecified atom stereocenters. The average Bonchev–Trinajstić information content (AvgIpc) is 2.78. The Morgan fingerprint density at radius 2 is 1.88 bits per heavy atom. The summed E-state index contributed by atoms with van der Waals surface area (Å²) in [6.45, 7) is 2.73. The number of methoxy groups -OCH3 is 1. The average molecular weight is 333 g/mol. The molecule has 0 saturated heterocycles. The highest BCUT2D eigenvalue weighted by Gasteiger charge is 2.42. The first kappa shape index (κ1) is 17.7. The fourth-order valence-electron chi connectivity index (χ4n) is 2.75. The molecule has 2 atom stereocenters. The summed E-state index contributed by atoms with van der Waals surface area (Å²) in [6, 6.07) is 5.39. The number of carbonyl (C=O) groups excluding carboxylic acids is 3. The van der Waals surface area contributed by atoms with E-state index in [9.17, 15) is 24.6 Å². The highest BCUT2D eigenvalue weighted by molar-refractivity contribution is 6.08. The lowest BCUT2D eigenvalue weighted by Gasteiger charge is -2.27. The molecule has 1 amide bonds. The number of hydrogen-bond acceptors (Lipinski definition) is 6. The SMILES string of the molecule is COC(=O)c1ccc([C@@H]2C(C(C)=O)=C(O)C(=O)N2C[C@H](C)O)cc1. The van der Waals surface area contributed by atoms with Gasteiger partial charge in [-0.25, -0.2) is 4.79 Å². The largest absolute Gasteiger partial charge is 0.503 e. The number of aliphatic hydroxyl groups excluding tert-OH is 2. The van der Waals surface area contributed by atoms with Gasteiger partial charge in [-0.2, -0.15) is 0 Å². The number of nitrogens with zero attached hydrogens (tertiary/aromatic N) is 1. The fourth-order valence-corrected chi connectivity index (χ4v) is 2.75. The minimum absolute atomic E-state index is 0.0218. The molecule has 0 radical (unpaired) electrons. The predicted octanol–water partition coefficient (Wildman–Crippen LogP) is 1.14. The van der Waals surface area contributed by atoms with Crippen molar-refractivity contribution in [3.63, 3.8) is 0 Å². The first-order valence-electron chi connectivity index (χ1n) is 7.39. The van der Waals surface area contributed by atoms with Crippen LogP contribution in [0, 0.1) is 0 Å². The van der Waals surface area contributed by atoms with E-state index in [0.717, 1.165) is 0 Å². The molecule has 24 heavy (non-hydrogen) atoms. The molecule has 1 aromatic rings. The molecule has 1 aliphatic rings. The van der Waals surface area contributed by atoms with Gasteiger partial charge in [0.1, 0.15) is 0 Å². The van der Waals surface area contributed by atoms with Gasteiger partial charge in [0, 0.05) is 6.54 Å². The molecule has 1 aliphatic heterocycles. The normalized spacial score (nSPS) is 18.8. The lowest BCUT2D eigenvalue weighted by atomic mass is 9.96. The van der Waals surface area contributed by atoms with E-state index in [4.69, 9.17) is 0 Å². The number of carbonyl (C=O) groups is 3. The van der Waals surface area contributed by atoms with Gasteiger partial charge in [0.25, 0.3) is 5.91 Å². The molecule has 128 valence electrons. The lowest BCUT2D eigenvalue weighted by Crippen LogP contribution is -2.36. The zero-order chi connectivity index (χ0) is 18.0. The number of hydrogen-bond donors (Lipinski definition) is 2. The third kappa shape index (κ3) is 3.16. The second-order valence-corrected chi connectivity index (χ2v) is 5.64. The smallest absolute Gasteiger partial charge is 0.337 e. The first-order valence-corrected chi connectivity index (χ1v) is 7.39. The summed E-state index contributed by atoms with van der Waals surface area (Å²) in [7, 11) is 1.27. The Bertz CT molecular complexity index is 704. The van der Waals surface area contributed by atoms with Crippen LogP contribution in [0.5, 0.6) is 0 Å². The summed E-state index contributed by atoms with van der Waals surface area (Å²) in [5, 5.41) is 19.7. The van der Waals surface area contributed by atoms with Crippen molar-refractivity contribution in [3.8, 4) is 0 Å². The van der Waals surface area contributed by atoms with Gasteiger partial charge in [-0.05, 0) is 31.5 Å². The van der Waals surface area contributed by atoms with Crippen molar-refractivity contribution in [2.75, 3.05) is 13.7 Å². The Labute approximate surface area is 139 Å². The third-order valence-corrected chi connectivity index (χ3v) is 3.79. The molecule has 2 N–H and O–H groups in total. The van der Waals surface area contributed by atoms with Crippen LogP contribution in [0.25, 0.3) is 0 Å². The Morgan fingerprint density at radius 1 is 1.29 bits per heavy atom. The van der Waals surface area contributed by atoms with E-state index in [1.807, 2.05) is 0 Å². The van der Waals surface area contributed by atoms with Crippen molar-refractivity contribution in [3.05, 3.63) is 46.7 Å². The Kier molecular flexibility index (Phi) is 5.04. The van der Waals surface area contributed by atoms with Gasteiger partial charge in [0.05, 0.1) is 30.4 Å². The number of β-amino-alcohol motifs (C(OH)–C–C–N with tert-alkyl or cyclic N) is 1. The standard InChI is InChI=1S/C17H19NO6/c1-9(19)8-18-14(13(10(2)20)15(21)16(18)22)11-4-6-12(7-5-11)17(23)24-3/h4-7,9,14,19,21H,8H2,1-3H3/t9-,14+/m0/s1. The summed E-state index contributed by atoms with van der Waals surface area (Å²) in [4.78, 5) is 36.9. The van der Waals surface area contributed by atoms with E-state index < -0.39 is 35.6 Å². The van der Waals surface area contributed by atoms with Crippen LogP contribution >= 0.6 is 0 Å². The van der Waals surface area contributed by atoms with Gasteiger partial charge >= 0.3 is 5.97 Å². The van der Waals surface area contributed by atoms with Gasteiger partial charge in [-0.1, -0.05) is 12.1 Å². The van der Waals surface area contributed by atoms with Crippen molar-refractivity contribution in [1.29, 1.82) is 0 Å². The second kappa shape index (κ2) is 6.84. The quantitative estimate of drug-likeness (QED) is 0.783. The van der Waals surface area contributed by atoms with Gasteiger partial charge in [-0.15, -0.1) is 0 Å². The molecule has 0 bridgehead atoms. The van der Waals surface area contributed by atoms with Crippen LogP contribution in [0.4, 0.5) is 0 Å². The zero-order valence-corrected chi connectivity index (χ0v) is 13.6. The monoisotopic (exact) mass is 333 g/mol. The number of benzene rings is 1. The molecule has 0 spiro atoms. The predicted molar refractivity (Wildman–Crippen MR) is 84.3 cm³/mol. The van der Waals surface area contributed by atoms with Crippen LogP contribution in [-0.2, 0) is 14.3 Å². The molecular formula is C17H19NO6. The van der Waals surface area contributed by atoms with Crippen molar-refractivity contribution >= 4 is 17.7 Å². The molecule has 1 aromatic carbocycles. The highest BCUT2D eigenvalue weighted by atomic mass is 16.5. The zero-order valence-electron chi connectivity index (χ0n) is 13.6. The van der Waals surface area contributed by atoms with Gasteiger partial charge < -0.3 is 19.8 Å². The van der Waals surface area contributed by atoms with Crippen molar-refractivity contribution in [1.82, 2.24) is 4.90 Å².